The zero-order chi connectivity index (χ0) is 15.0. The van der Waals surface area contributed by atoms with E-state index in [2.05, 4.69) is 13.5 Å². The van der Waals surface area contributed by atoms with E-state index in [9.17, 15) is 13.2 Å². The van der Waals surface area contributed by atoms with E-state index in [4.69, 9.17) is 5.11 Å². The lowest BCUT2D eigenvalue weighted by molar-refractivity contribution is 0.0703. The molecule has 0 saturated carbocycles. The van der Waals surface area contributed by atoms with Crippen molar-refractivity contribution in [2.75, 3.05) is 4.72 Å². The van der Waals surface area contributed by atoms with E-state index in [0.29, 0.717) is 5.52 Å². The summed E-state index contributed by atoms with van der Waals surface area (Å²) in [4.78, 5) is 10.9. The first-order chi connectivity index (χ1) is 9.99. The van der Waals surface area contributed by atoms with Gasteiger partial charge < -0.3 is 5.11 Å². The van der Waals surface area contributed by atoms with Crippen LogP contribution in [-0.2, 0) is 10.0 Å². The number of rotatable bonds is 4. The Morgan fingerprint density at radius 3 is 2.81 bits per heavy atom. The molecular weight excluding hydrogens is 334 g/mol. The summed E-state index contributed by atoms with van der Waals surface area (Å²) in [7, 11) is -3.94. The van der Waals surface area contributed by atoms with Gasteiger partial charge in [0.15, 0.2) is 0 Å². The van der Waals surface area contributed by atoms with Crippen LogP contribution in [0.2, 0.25) is 0 Å². The fraction of sp³-hybridized carbons (Fsp3) is 0. The van der Waals surface area contributed by atoms with E-state index in [1.165, 1.54) is 17.5 Å². The lowest BCUT2D eigenvalue weighted by Gasteiger charge is -2.07. The molecule has 0 aliphatic heterocycles. The highest BCUT2D eigenvalue weighted by molar-refractivity contribution is 7.93. The number of benzene rings is 1. The molecule has 21 heavy (non-hydrogen) atoms. The molecule has 3 aromatic rings. The minimum Gasteiger partial charge on any atom is -0.477 e. The van der Waals surface area contributed by atoms with Crippen molar-refractivity contribution in [1.29, 1.82) is 0 Å². The molecule has 0 atom stereocenters. The molecule has 0 amide bonds. The molecule has 7 nitrogen and oxygen atoms in total. The smallest absolute Gasteiger partial charge is 0.348 e. The van der Waals surface area contributed by atoms with Crippen LogP contribution in [-0.4, -0.2) is 28.2 Å². The SMILES string of the molecule is O=C(O)c1sccc1NS(=O)(=O)c1cccc2nsnc12. The second-order valence-electron chi connectivity index (χ2n) is 3.96. The van der Waals surface area contributed by atoms with Crippen LogP contribution in [0.3, 0.4) is 0 Å². The highest BCUT2D eigenvalue weighted by Crippen LogP contribution is 2.27. The van der Waals surface area contributed by atoms with E-state index in [-0.39, 0.29) is 21.0 Å². The quantitative estimate of drug-likeness (QED) is 0.753. The Morgan fingerprint density at radius 2 is 2.05 bits per heavy atom. The fourth-order valence-electron chi connectivity index (χ4n) is 1.75. The summed E-state index contributed by atoms with van der Waals surface area (Å²) in [6, 6.07) is 6.03. The van der Waals surface area contributed by atoms with Crippen molar-refractivity contribution in [2.45, 2.75) is 4.90 Å². The van der Waals surface area contributed by atoms with Crippen LogP contribution < -0.4 is 4.72 Å². The molecule has 0 bridgehead atoms. The van der Waals surface area contributed by atoms with Crippen molar-refractivity contribution < 1.29 is 18.3 Å². The van der Waals surface area contributed by atoms with E-state index in [1.54, 1.807) is 12.1 Å². The van der Waals surface area contributed by atoms with Gasteiger partial charge in [0.2, 0.25) is 0 Å². The van der Waals surface area contributed by atoms with Crippen molar-refractivity contribution in [2.24, 2.45) is 0 Å². The van der Waals surface area contributed by atoms with Gasteiger partial charge in [-0.2, -0.15) is 8.75 Å². The number of anilines is 1. The molecule has 0 aliphatic carbocycles. The summed E-state index contributed by atoms with van der Waals surface area (Å²) in [6.45, 7) is 0. The van der Waals surface area contributed by atoms with E-state index in [0.717, 1.165) is 23.1 Å². The number of hydrogen-bond acceptors (Lipinski definition) is 7. The third-order valence-corrected chi connectivity index (χ3v) is 5.48. The topological polar surface area (TPSA) is 109 Å². The molecule has 0 saturated heterocycles. The summed E-state index contributed by atoms with van der Waals surface area (Å²) in [6.07, 6.45) is 0. The normalized spacial score (nSPS) is 11.6. The largest absolute Gasteiger partial charge is 0.477 e. The molecule has 2 aromatic heterocycles. The van der Waals surface area contributed by atoms with Gasteiger partial charge in [-0.3, -0.25) is 4.72 Å². The van der Waals surface area contributed by atoms with Gasteiger partial charge in [0.05, 0.1) is 17.4 Å². The molecule has 0 spiro atoms. The van der Waals surface area contributed by atoms with Crippen LogP contribution in [0.1, 0.15) is 9.67 Å². The third kappa shape index (κ3) is 2.48. The van der Waals surface area contributed by atoms with E-state index < -0.39 is 16.0 Å². The Balaban J connectivity index is 2.07. The molecule has 1 aromatic carbocycles. The number of nitrogens with zero attached hydrogens (tertiary/aromatic N) is 2. The summed E-state index contributed by atoms with van der Waals surface area (Å²) in [5, 5.41) is 10.5. The number of aromatic carboxylic acids is 1. The number of carbonyl (C=O) groups is 1. The van der Waals surface area contributed by atoms with Crippen molar-refractivity contribution in [3.05, 3.63) is 34.5 Å². The van der Waals surface area contributed by atoms with E-state index in [1.807, 2.05) is 0 Å². The molecular formula is C11H7N3O4S3. The van der Waals surface area contributed by atoms with Crippen molar-refractivity contribution in [3.63, 3.8) is 0 Å². The van der Waals surface area contributed by atoms with Crippen LogP contribution in [0.15, 0.2) is 34.5 Å². The van der Waals surface area contributed by atoms with Crippen molar-refractivity contribution in [1.82, 2.24) is 8.75 Å². The Morgan fingerprint density at radius 1 is 1.24 bits per heavy atom. The number of nitrogens with one attached hydrogen (secondary N) is 1. The summed E-state index contributed by atoms with van der Waals surface area (Å²) in [5.41, 5.74) is 0.779. The molecule has 10 heteroatoms. The molecule has 0 radical (unpaired) electrons. The molecule has 0 aliphatic rings. The molecule has 3 rings (SSSR count). The molecule has 0 unspecified atom stereocenters. The number of fused-ring (bicyclic) bond motifs is 1. The lowest BCUT2D eigenvalue weighted by Crippen LogP contribution is -2.14. The first kappa shape index (κ1) is 13.9. The maximum absolute atomic E-state index is 12.4. The van der Waals surface area contributed by atoms with E-state index >= 15 is 0 Å². The van der Waals surface area contributed by atoms with Crippen LogP contribution >= 0.6 is 23.1 Å². The van der Waals surface area contributed by atoms with Gasteiger partial charge in [0.1, 0.15) is 20.8 Å². The van der Waals surface area contributed by atoms with Crippen molar-refractivity contribution >= 4 is 55.8 Å². The Hall–Kier alpha value is -2.04. The maximum Gasteiger partial charge on any atom is 0.348 e. The average Bonchev–Trinajstić information content (AvgIpc) is 3.05. The number of carboxylic acid groups (broad SMARTS) is 1. The van der Waals surface area contributed by atoms with Gasteiger partial charge in [-0.25, -0.2) is 13.2 Å². The highest BCUT2D eigenvalue weighted by Gasteiger charge is 2.22. The maximum atomic E-state index is 12.4. The van der Waals surface area contributed by atoms with Crippen molar-refractivity contribution in [3.8, 4) is 0 Å². The number of hydrogen-bond donors (Lipinski definition) is 2. The zero-order valence-electron chi connectivity index (χ0n) is 10.2. The van der Waals surface area contributed by atoms with Crippen LogP contribution in [0, 0.1) is 0 Å². The number of carboxylic acids is 1. The minimum atomic E-state index is -3.94. The first-order valence-electron chi connectivity index (χ1n) is 5.54. The summed E-state index contributed by atoms with van der Waals surface area (Å²) < 4.78 is 35.1. The molecule has 2 N–H and O–H groups in total. The minimum absolute atomic E-state index is 0.0312. The van der Waals surface area contributed by atoms with Crippen LogP contribution in [0.25, 0.3) is 11.0 Å². The summed E-state index contributed by atoms with van der Waals surface area (Å²) in [5.74, 6) is -1.18. The standard InChI is InChI=1S/C11H7N3O4S3/c15-11(16)10-7(4-5-19-10)14-21(17,18)8-3-1-2-6-9(8)13-20-12-6/h1-5,14H,(H,15,16). The second-order valence-corrected chi connectivity index (χ2v) is 7.06. The molecule has 108 valence electrons. The Labute approximate surface area is 127 Å². The average molecular weight is 341 g/mol. The van der Waals surface area contributed by atoms with Crippen LogP contribution in [0.5, 0.6) is 0 Å². The second kappa shape index (κ2) is 5.06. The third-order valence-electron chi connectivity index (χ3n) is 2.64. The predicted octanol–water partition coefficient (Wildman–Crippen LogP) is 2.25. The van der Waals surface area contributed by atoms with Gasteiger partial charge in [-0.05, 0) is 23.6 Å². The van der Waals surface area contributed by atoms with Gasteiger partial charge in [-0.1, -0.05) is 6.07 Å². The molecule has 0 fully saturated rings. The monoisotopic (exact) mass is 341 g/mol. The number of thiophene rings is 1. The van der Waals surface area contributed by atoms with Crippen LogP contribution in [0.4, 0.5) is 5.69 Å². The van der Waals surface area contributed by atoms with Gasteiger partial charge in [0, 0.05) is 0 Å². The lowest BCUT2D eigenvalue weighted by atomic mass is 10.3. The Bertz CT molecular complexity index is 929. The summed E-state index contributed by atoms with van der Waals surface area (Å²) >= 11 is 1.86. The number of aromatic nitrogens is 2. The van der Waals surface area contributed by atoms with Gasteiger partial charge in [-0.15, -0.1) is 11.3 Å². The molecule has 2 heterocycles. The van der Waals surface area contributed by atoms with Gasteiger partial charge in [0.25, 0.3) is 10.0 Å². The van der Waals surface area contributed by atoms with Gasteiger partial charge >= 0.3 is 5.97 Å². The predicted molar refractivity (Wildman–Crippen MR) is 79.5 cm³/mol. The number of sulfonamides is 1. The highest BCUT2D eigenvalue weighted by atomic mass is 32.2. The fourth-order valence-corrected chi connectivity index (χ4v) is 4.34. The first-order valence-corrected chi connectivity index (χ1v) is 8.63. The zero-order valence-corrected chi connectivity index (χ0v) is 12.6. The Kier molecular flexibility index (Phi) is 3.35.